The summed E-state index contributed by atoms with van der Waals surface area (Å²) in [4.78, 5) is 22.6. The van der Waals surface area contributed by atoms with Gasteiger partial charge in [-0.25, -0.2) is 9.78 Å². The zero-order valence-electron chi connectivity index (χ0n) is 15.2. The van der Waals surface area contributed by atoms with E-state index >= 15 is 0 Å². The second-order valence-electron chi connectivity index (χ2n) is 6.58. The summed E-state index contributed by atoms with van der Waals surface area (Å²) in [7, 11) is 0. The molecule has 1 aliphatic rings. The van der Waals surface area contributed by atoms with E-state index in [4.69, 9.17) is 4.74 Å². The average Bonchev–Trinajstić information content (AvgIpc) is 2.65. The number of carbonyl (C=O) groups is 1. The summed E-state index contributed by atoms with van der Waals surface area (Å²) in [6, 6.07) is 7.53. The molecule has 138 valence electrons. The number of morpholine rings is 1. The number of pyridine rings is 2. The topological polar surface area (TPSA) is 79.4 Å². The number of nitrogens with zero attached hydrogens (tertiary/aromatic N) is 3. The van der Waals surface area contributed by atoms with Crippen molar-refractivity contribution in [1.82, 2.24) is 20.6 Å². The zero-order valence-corrected chi connectivity index (χ0v) is 15.2. The molecule has 1 fully saturated rings. The van der Waals surface area contributed by atoms with E-state index in [1.807, 2.05) is 30.5 Å². The van der Waals surface area contributed by atoms with Crippen molar-refractivity contribution in [2.75, 3.05) is 18.0 Å². The molecule has 2 aromatic rings. The van der Waals surface area contributed by atoms with Gasteiger partial charge < -0.3 is 20.3 Å². The first-order valence-corrected chi connectivity index (χ1v) is 8.86. The Balaban J connectivity index is 1.46. The fourth-order valence-electron chi connectivity index (χ4n) is 3.00. The summed E-state index contributed by atoms with van der Waals surface area (Å²) in [5.74, 6) is 0.942. The first kappa shape index (κ1) is 18.1. The lowest BCUT2D eigenvalue weighted by Crippen LogP contribution is -2.45. The third-order valence-corrected chi connectivity index (χ3v) is 4.21. The van der Waals surface area contributed by atoms with E-state index in [1.165, 1.54) is 0 Å². The summed E-state index contributed by atoms with van der Waals surface area (Å²) >= 11 is 0. The number of hydrogen-bond donors (Lipinski definition) is 2. The summed E-state index contributed by atoms with van der Waals surface area (Å²) in [5, 5.41) is 5.66. The fourth-order valence-corrected chi connectivity index (χ4v) is 3.00. The highest BCUT2D eigenvalue weighted by molar-refractivity contribution is 5.73. The largest absolute Gasteiger partial charge is 0.372 e. The Labute approximate surface area is 153 Å². The van der Waals surface area contributed by atoms with Crippen molar-refractivity contribution < 1.29 is 9.53 Å². The molecule has 3 heterocycles. The maximum Gasteiger partial charge on any atom is 0.315 e. The van der Waals surface area contributed by atoms with Gasteiger partial charge >= 0.3 is 6.03 Å². The van der Waals surface area contributed by atoms with Crippen molar-refractivity contribution >= 4 is 11.8 Å². The van der Waals surface area contributed by atoms with Crippen LogP contribution in [0, 0.1) is 0 Å². The molecule has 2 aromatic heterocycles. The molecule has 3 rings (SSSR count). The van der Waals surface area contributed by atoms with Crippen LogP contribution in [0.1, 0.15) is 25.0 Å². The van der Waals surface area contributed by atoms with Crippen molar-refractivity contribution in [3.63, 3.8) is 0 Å². The van der Waals surface area contributed by atoms with Gasteiger partial charge in [0.15, 0.2) is 0 Å². The van der Waals surface area contributed by atoms with Crippen LogP contribution in [0.2, 0.25) is 0 Å². The van der Waals surface area contributed by atoms with Crippen LogP contribution >= 0.6 is 0 Å². The molecular formula is C19H25N5O2. The minimum atomic E-state index is -0.207. The molecule has 26 heavy (non-hydrogen) atoms. The SMILES string of the molecule is CC1CN(c2ccc(CNC(=O)NCc3ccncc3)cn2)CC(C)O1. The lowest BCUT2D eigenvalue weighted by molar-refractivity contribution is -0.00546. The Morgan fingerprint density at radius 2 is 1.73 bits per heavy atom. The smallest absolute Gasteiger partial charge is 0.315 e. The van der Waals surface area contributed by atoms with Crippen molar-refractivity contribution in [3.8, 4) is 0 Å². The highest BCUT2D eigenvalue weighted by Crippen LogP contribution is 2.18. The molecule has 1 aliphatic heterocycles. The molecule has 0 aromatic carbocycles. The molecule has 2 unspecified atom stereocenters. The van der Waals surface area contributed by atoms with E-state index in [-0.39, 0.29) is 18.2 Å². The molecule has 0 spiro atoms. The molecule has 1 saturated heterocycles. The van der Waals surface area contributed by atoms with Gasteiger partial charge in [0, 0.05) is 44.8 Å². The number of nitrogens with one attached hydrogen (secondary N) is 2. The quantitative estimate of drug-likeness (QED) is 0.859. The van der Waals surface area contributed by atoms with E-state index < -0.39 is 0 Å². The number of rotatable bonds is 5. The zero-order chi connectivity index (χ0) is 18.4. The normalized spacial score (nSPS) is 19.8. The highest BCUT2D eigenvalue weighted by Gasteiger charge is 2.22. The molecule has 2 amide bonds. The van der Waals surface area contributed by atoms with Gasteiger partial charge in [-0.2, -0.15) is 0 Å². The summed E-state index contributed by atoms with van der Waals surface area (Å²) in [6.45, 7) is 6.74. The third kappa shape index (κ3) is 5.16. The van der Waals surface area contributed by atoms with Crippen LogP contribution in [0.5, 0.6) is 0 Å². The standard InChI is InChI=1S/C19H25N5O2/c1-14-12-24(13-15(2)26-14)18-4-3-17(10-21-18)11-23-19(25)22-9-16-5-7-20-8-6-16/h3-8,10,14-15H,9,11-13H2,1-2H3,(H2,22,23,25). The van der Waals surface area contributed by atoms with Crippen LogP contribution in [0.15, 0.2) is 42.9 Å². The Bertz CT molecular complexity index is 698. The van der Waals surface area contributed by atoms with Crippen LogP contribution in [-0.4, -0.2) is 41.3 Å². The van der Waals surface area contributed by atoms with Crippen LogP contribution in [-0.2, 0) is 17.8 Å². The van der Waals surface area contributed by atoms with Crippen molar-refractivity contribution in [1.29, 1.82) is 0 Å². The second kappa shape index (κ2) is 8.62. The highest BCUT2D eigenvalue weighted by atomic mass is 16.5. The molecular weight excluding hydrogens is 330 g/mol. The minimum absolute atomic E-state index is 0.200. The summed E-state index contributed by atoms with van der Waals surface area (Å²) < 4.78 is 5.75. The van der Waals surface area contributed by atoms with Crippen molar-refractivity contribution in [3.05, 3.63) is 54.0 Å². The lowest BCUT2D eigenvalue weighted by atomic mass is 10.2. The number of anilines is 1. The lowest BCUT2D eigenvalue weighted by Gasteiger charge is -2.36. The predicted octanol–water partition coefficient (Wildman–Crippen LogP) is 2.09. The summed E-state index contributed by atoms with van der Waals surface area (Å²) in [6.07, 6.45) is 5.62. The number of urea groups is 1. The van der Waals surface area contributed by atoms with Gasteiger partial charge in [0.2, 0.25) is 0 Å². The van der Waals surface area contributed by atoms with Gasteiger partial charge in [-0.3, -0.25) is 4.98 Å². The van der Waals surface area contributed by atoms with Gasteiger partial charge in [-0.15, -0.1) is 0 Å². The number of carbonyl (C=O) groups excluding carboxylic acids is 1. The van der Waals surface area contributed by atoms with E-state index in [9.17, 15) is 4.79 Å². The first-order valence-electron chi connectivity index (χ1n) is 8.86. The monoisotopic (exact) mass is 355 g/mol. The molecule has 0 bridgehead atoms. The number of aromatic nitrogens is 2. The minimum Gasteiger partial charge on any atom is -0.372 e. The van der Waals surface area contributed by atoms with E-state index in [2.05, 4.69) is 39.3 Å². The van der Waals surface area contributed by atoms with E-state index in [0.717, 1.165) is 30.0 Å². The molecule has 0 aliphatic carbocycles. The molecule has 2 N–H and O–H groups in total. The number of amides is 2. The maximum atomic E-state index is 11.9. The molecule has 2 atom stereocenters. The average molecular weight is 355 g/mol. The fraction of sp³-hybridized carbons (Fsp3) is 0.421. The van der Waals surface area contributed by atoms with Crippen LogP contribution < -0.4 is 15.5 Å². The Morgan fingerprint density at radius 1 is 1.08 bits per heavy atom. The first-order chi connectivity index (χ1) is 12.6. The Hall–Kier alpha value is -2.67. The Kier molecular flexibility index (Phi) is 6.01. The van der Waals surface area contributed by atoms with E-state index in [0.29, 0.717) is 13.1 Å². The second-order valence-corrected chi connectivity index (χ2v) is 6.58. The molecule has 0 radical (unpaired) electrons. The Morgan fingerprint density at radius 3 is 2.35 bits per heavy atom. The summed E-state index contributed by atoms with van der Waals surface area (Å²) in [5.41, 5.74) is 1.97. The third-order valence-electron chi connectivity index (χ3n) is 4.21. The van der Waals surface area contributed by atoms with Gasteiger partial charge in [0.25, 0.3) is 0 Å². The van der Waals surface area contributed by atoms with Crippen LogP contribution in [0.25, 0.3) is 0 Å². The van der Waals surface area contributed by atoms with Crippen molar-refractivity contribution in [2.45, 2.75) is 39.1 Å². The molecule has 7 nitrogen and oxygen atoms in total. The number of ether oxygens (including phenoxy) is 1. The van der Waals surface area contributed by atoms with Crippen LogP contribution in [0.4, 0.5) is 10.6 Å². The van der Waals surface area contributed by atoms with Crippen LogP contribution in [0.3, 0.4) is 0 Å². The maximum absolute atomic E-state index is 11.9. The van der Waals surface area contributed by atoms with Gasteiger partial charge in [-0.1, -0.05) is 6.07 Å². The van der Waals surface area contributed by atoms with Gasteiger partial charge in [0.05, 0.1) is 12.2 Å². The number of hydrogen-bond acceptors (Lipinski definition) is 5. The van der Waals surface area contributed by atoms with Gasteiger partial charge in [-0.05, 0) is 43.2 Å². The molecule has 0 saturated carbocycles. The van der Waals surface area contributed by atoms with Crippen molar-refractivity contribution in [2.24, 2.45) is 0 Å². The van der Waals surface area contributed by atoms with Gasteiger partial charge in [0.1, 0.15) is 5.82 Å². The van der Waals surface area contributed by atoms with E-state index in [1.54, 1.807) is 12.4 Å². The predicted molar refractivity (Wildman–Crippen MR) is 99.8 cm³/mol. The molecule has 7 heteroatoms.